The number of fused-ring (bicyclic) bond motifs is 1. The minimum Gasteiger partial charge on any atom is -0.484 e. The maximum atomic E-state index is 11.0. The summed E-state index contributed by atoms with van der Waals surface area (Å²) in [7, 11) is 0. The van der Waals surface area contributed by atoms with Crippen molar-refractivity contribution in [2.24, 2.45) is 0 Å². The molecule has 1 aliphatic rings. The first kappa shape index (κ1) is 7.16. The zero-order valence-electron chi connectivity index (χ0n) is 6.54. The molecule has 3 heteroatoms. The Morgan fingerprint density at radius 2 is 2.17 bits per heavy atom. The second kappa shape index (κ2) is 2.85. The van der Waals surface area contributed by atoms with E-state index in [4.69, 9.17) is 4.74 Å². The van der Waals surface area contributed by atoms with Crippen LogP contribution in [0.2, 0.25) is 0 Å². The summed E-state index contributed by atoms with van der Waals surface area (Å²) in [6.07, 6.45) is 0. The van der Waals surface area contributed by atoms with E-state index in [-0.39, 0.29) is 12.4 Å². The topological polar surface area (TPSA) is 38.3 Å². The van der Waals surface area contributed by atoms with Gasteiger partial charge in [-0.25, -0.2) is 0 Å². The number of rotatable bonds is 0. The molecule has 0 spiro atoms. The first-order valence-electron chi connectivity index (χ1n) is 3.83. The number of benzene rings is 1. The number of carbonyl (C=O) groups is 1. The first-order valence-corrected chi connectivity index (χ1v) is 3.83. The number of carbonyl (C=O) groups excluding carboxylic acids is 1. The van der Waals surface area contributed by atoms with Gasteiger partial charge in [-0.05, 0) is 12.1 Å². The fourth-order valence-corrected chi connectivity index (χ4v) is 1.14. The molecule has 0 saturated heterocycles. The predicted molar refractivity (Wildman–Crippen MR) is 45.4 cm³/mol. The van der Waals surface area contributed by atoms with E-state index in [9.17, 15) is 4.79 Å². The van der Waals surface area contributed by atoms with Crippen LogP contribution in [0.15, 0.2) is 24.3 Å². The summed E-state index contributed by atoms with van der Waals surface area (Å²) in [5, 5.41) is 3.00. The van der Waals surface area contributed by atoms with Gasteiger partial charge in [0.15, 0.2) is 5.78 Å². The fraction of sp³-hybridized carbons (Fsp3) is 0.222. The molecule has 0 radical (unpaired) electrons. The van der Waals surface area contributed by atoms with Crippen molar-refractivity contribution in [3.63, 3.8) is 0 Å². The molecule has 3 nitrogen and oxygen atoms in total. The van der Waals surface area contributed by atoms with Crippen molar-refractivity contribution in [2.45, 2.75) is 0 Å². The molecule has 0 bridgehead atoms. The van der Waals surface area contributed by atoms with Crippen molar-refractivity contribution in [1.29, 1.82) is 0 Å². The van der Waals surface area contributed by atoms with Gasteiger partial charge in [0.2, 0.25) is 0 Å². The van der Waals surface area contributed by atoms with Crippen LogP contribution >= 0.6 is 0 Å². The number of Topliss-reactive ketones (excluding diaryl/α,β-unsaturated/α-hetero) is 1. The molecular formula is C9H9NO2. The van der Waals surface area contributed by atoms with E-state index in [0.29, 0.717) is 6.54 Å². The van der Waals surface area contributed by atoms with E-state index in [0.717, 1.165) is 11.4 Å². The molecule has 1 aromatic rings. The van der Waals surface area contributed by atoms with E-state index in [1.54, 1.807) is 0 Å². The lowest BCUT2D eigenvalue weighted by Crippen LogP contribution is -2.16. The van der Waals surface area contributed by atoms with Crippen LogP contribution in [-0.4, -0.2) is 18.9 Å². The summed E-state index contributed by atoms with van der Waals surface area (Å²) >= 11 is 0. The highest BCUT2D eigenvalue weighted by atomic mass is 16.5. The van der Waals surface area contributed by atoms with Crippen LogP contribution in [-0.2, 0) is 4.79 Å². The Morgan fingerprint density at radius 3 is 3.08 bits per heavy atom. The van der Waals surface area contributed by atoms with Crippen LogP contribution < -0.4 is 10.1 Å². The van der Waals surface area contributed by atoms with Gasteiger partial charge in [0.1, 0.15) is 12.4 Å². The van der Waals surface area contributed by atoms with Crippen molar-refractivity contribution in [3.05, 3.63) is 24.3 Å². The van der Waals surface area contributed by atoms with Gasteiger partial charge in [-0.3, -0.25) is 4.79 Å². The van der Waals surface area contributed by atoms with Crippen LogP contribution in [0, 0.1) is 0 Å². The summed E-state index contributed by atoms with van der Waals surface area (Å²) in [4.78, 5) is 11.0. The fourth-order valence-electron chi connectivity index (χ4n) is 1.14. The maximum Gasteiger partial charge on any atom is 0.189 e. The van der Waals surface area contributed by atoms with Crippen molar-refractivity contribution in [2.75, 3.05) is 18.5 Å². The zero-order valence-corrected chi connectivity index (χ0v) is 6.54. The molecule has 2 rings (SSSR count). The number of hydrogen-bond donors (Lipinski definition) is 1. The maximum absolute atomic E-state index is 11.0. The molecule has 0 fully saturated rings. The molecule has 12 heavy (non-hydrogen) atoms. The SMILES string of the molecule is O=C1CNc2ccccc2OC1. The third-order valence-corrected chi connectivity index (χ3v) is 1.75. The van der Waals surface area contributed by atoms with E-state index in [1.165, 1.54) is 0 Å². The van der Waals surface area contributed by atoms with Crippen molar-refractivity contribution in [3.8, 4) is 5.75 Å². The quantitative estimate of drug-likeness (QED) is 0.621. The highest BCUT2D eigenvalue weighted by Gasteiger charge is 2.11. The average Bonchev–Trinajstić information content (AvgIpc) is 2.29. The Morgan fingerprint density at radius 1 is 1.33 bits per heavy atom. The van der Waals surface area contributed by atoms with Crippen LogP contribution in [0.1, 0.15) is 0 Å². The molecule has 1 heterocycles. The van der Waals surface area contributed by atoms with Gasteiger partial charge in [-0.15, -0.1) is 0 Å². The molecule has 0 amide bonds. The van der Waals surface area contributed by atoms with Gasteiger partial charge >= 0.3 is 0 Å². The molecule has 1 aliphatic heterocycles. The number of ether oxygens (including phenoxy) is 1. The Balaban J connectivity index is 2.32. The molecule has 0 aliphatic carbocycles. The number of para-hydroxylation sites is 2. The van der Waals surface area contributed by atoms with Gasteiger partial charge in [0.25, 0.3) is 0 Å². The molecule has 62 valence electrons. The highest BCUT2D eigenvalue weighted by Crippen LogP contribution is 2.24. The smallest absolute Gasteiger partial charge is 0.189 e. The number of ketones is 1. The third kappa shape index (κ3) is 1.25. The van der Waals surface area contributed by atoms with Gasteiger partial charge in [-0.2, -0.15) is 0 Å². The molecule has 0 aromatic heterocycles. The molecule has 0 saturated carbocycles. The summed E-state index contributed by atoms with van der Waals surface area (Å²) in [5.74, 6) is 0.828. The van der Waals surface area contributed by atoms with Gasteiger partial charge in [-0.1, -0.05) is 12.1 Å². The third-order valence-electron chi connectivity index (χ3n) is 1.75. The largest absolute Gasteiger partial charge is 0.484 e. The van der Waals surface area contributed by atoms with Crippen molar-refractivity contribution in [1.82, 2.24) is 0 Å². The summed E-state index contributed by atoms with van der Waals surface area (Å²) in [6.45, 7) is 0.529. The van der Waals surface area contributed by atoms with Gasteiger partial charge < -0.3 is 10.1 Å². The Labute approximate surface area is 70.3 Å². The zero-order chi connectivity index (χ0) is 8.39. The Hall–Kier alpha value is -1.51. The summed E-state index contributed by atoms with van der Waals surface area (Å²) in [5.41, 5.74) is 0.892. The highest BCUT2D eigenvalue weighted by molar-refractivity contribution is 5.86. The summed E-state index contributed by atoms with van der Waals surface area (Å²) < 4.78 is 5.25. The van der Waals surface area contributed by atoms with Crippen LogP contribution in [0.4, 0.5) is 5.69 Å². The minimum absolute atomic E-state index is 0.0752. The van der Waals surface area contributed by atoms with E-state index < -0.39 is 0 Å². The second-order valence-electron chi connectivity index (χ2n) is 2.68. The molecule has 1 aromatic carbocycles. The number of hydrogen-bond acceptors (Lipinski definition) is 3. The Kier molecular flexibility index (Phi) is 1.70. The number of anilines is 1. The lowest BCUT2D eigenvalue weighted by Gasteiger charge is -2.04. The average molecular weight is 163 g/mol. The first-order chi connectivity index (χ1) is 5.86. The lowest BCUT2D eigenvalue weighted by molar-refractivity contribution is -0.119. The van der Waals surface area contributed by atoms with Crippen LogP contribution in [0.5, 0.6) is 5.75 Å². The van der Waals surface area contributed by atoms with Crippen molar-refractivity contribution < 1.29 is 9.53 Å². The van der Waals surface area contributed by atoms with E-state index >= 15 is 0 Å². The number of nitrogens with one attached hydrogen (secondary N) is 1. The monoisotopic (exact) mass is 163 g/mol. The molecular weight excluding hydrogens is 154 g/mol. The molecule has 0 atom stereocenters. The van der Waals surface area contributed by atoms with Gasteiger partial charge in [0.05, 0.1) is 12.2 Å². The van der Waals surface area contributed by atoms with Crippen LogP contribution in [0.25, 0.3) is 0 Å². The van der Waals surface area contributed by atoms with Gasteiger partial charge in [0, 0.05) is 0 Å². The summed E-state index contributed by atoms with van der Waals surface area (Å²) in [6, 6.07) is 7.54. The van der Waals surface area contributed by atoms with Crippen LogP contribution in [0.3, 0.4) is 0 Å². The predicted octanol–water partition coefficient (Wildman–Crippen LogP) is 1.06. The van der Waals surface area contributed by atoms with E-state index in [1.807, 2.05) is 24.3 Å². The van der Waals surface area contributed by atoms with E-state index in [2.05, 4.69) is 5.32 Å². The molecule has 1 N–H and O–H groups in total. The Bertz CT molecular complexity index is 280. The second-order valence-corrected chi connectivity index (χ2v) is 2.68. The normalized spacial score (nSPS) is 15.5. The lowest BCUT2D eigenvalue weighted by atomic mass is 10.3. The standard InChI is InChI=1S/C9H9NO2/c11-7-5-10-8-3-1-2-4-9(8)12-6-7/h1-4,10H,5-6H2. The minimum atomic E-state index is 0.0752. The van der Waals surface area contributed by atoms with Crippen molar-refractivity contribution >= 4 is 11.5 Å². The molecule has 0 unspecified atom stereocenters.